The zero-order chi connectivity index (χ0) is 21.1. The zero-order valence-corrected chi connectivity index (χ0v) is 17.5. The van der Waals surface area contributed by atoms with E-state index >= 15 is 0 Å². The fourth-order valence-electron chi connectivity index (χ4n) is 3.03. The summed E-state index contributed by atoms with van der Waals surface area (Å²) in [6.45, 7) is 0. The summed E-state index contributed by atoms with van der Waals surface area (Å²) in [6, 6.07) is 14.8. The molecule has 1 amide bonds. The van der Waals surface area contributed by atoms with Crippen LogP contribution in [0.2, 0.25) is 0 Å². The van der Waals surface area contributed by atoms with E-state index in [2.05, 4.69) is 15.5 Å². The normalized spacial score (nSPS) is 10.9. The van der Waals surface area contributed by atoms with Crippen molar-refractivity contribution in [2.75, 3.05) is 25.3 Å². The van der Waals surface area contributed by atoms with Crippen molar-refractivity contribution >= 4 is 34.3 Å². The molecule has 0 bridgehead atoms. The van der Waals surface area contributed by atoms with Gasteiger partial charge in [-0.1, -0.05) is 36.0 Å². The minimum atomic E-state index is -0.164. The molecular weight excluding hydrogens is 404 g/mol. The first-order valence-electron chi connectivity index (χ1n) is 9.12. The molecule has 1 N–H and O–H groups in total. The van der Waals surface area contributed by atoms with E-state index in [4.69, 9.17) is 13.9 Å². The minimum Gasteiger partial charge on any atom is -0.495 e. The van der Waals surface area contributed by atoms with Gasteiger partial charge in [0.25, 0.3) is 0 Å². The number of benzene rings is 2. The Labute approximate surface area is 177 Å². The molecule has 0 aliphatic carbocycles. The number of nitrogens with zero attached hydrogens (tertiary/aromatic N) is 3. The predicted octanol–water partition coefficient (Wildman–Crippen LogP) is 3.98. The van der Waals surface area contributed by atoms with Gasteiger partial charge in [-0.05, 0) is 24.3 Å². The van der Waals surface area contributed by atoms with Crippen LogP contribution in [0.25, 0.3) is 22.6 Å². The minimum absolute atomic E-state index is 0.164. The van der Waals surface area contributed by atoms with Crippen LogP contribution in [0.15, 0.2) is 58.1 Å². The third kappa shape index (κ3) is 3.84. The van der Waals surface area contributed by atoms with Crippen molar-refractivity contribution in [3.05, 3.63) is 48.5 Å². The summed E-state index contributed by atoms with van der Waals surface area (Å²) in [4.78, 5) is 12.4. The van der Waals surface area contributed by atoms with E-state index in [0.717, 1.165) is 5.39 Å². The molecule has 2 aromatic carbocycles. The Balaban J connectivity index is 1.48. The van der Waals surface area contributed by atoms with Crippen LogP contribution in [-0.2, 0) is 11.8 Å². The summed E-state index contributed by atoms with van der Waals surface area (Å²) in [5.41, 5.74) is 1.28. The van der Waals surface area contributed by atoms with Crippen LogP contribution in [0.4, 0.5) is 5.69 Å². The number of amides is 1. The fourth-order valence-corrected chi connectivity index (χ4v) is 3.74. The third-order valence-electron chi connectivity index (χ3n) is 4.50. The summed E-state index contributed by atoms with van der Waals surface area (Å²) in [5, 5.41) is 12.8. The number of nitrogens with one attached hydrogen (secondary N) is 1. The molecule has 30 heavy (non-hydrogen) atoms. The largest absolute Gasteiger partial charge is 0.495 e. The molecule has 2 aromatic heterocycles. The highest BCUT2D eigenvalue weighted by Gasteiger charge is 2.18. The van der Waals surface area contributed by atoms with Crippen LogP contribution < -0.4 is 14.8 Å². The number of hydrogen-bond donors (Lipinski definition) is 1. The van der Waals surface area contributed by atoms with Gasteiger partial charge in [0.05, 0.1) is 25.7 Å². The van der Waals surface area contributed by atoms with E-state index in [1.807, 2.05) is 43.4 Å². The van der Waals surface area contributed by atoms with E-state index in [9.17, 15) is 4.79 Å². The van der Waals surface area contributed by atoms with Gasteiger partial charge in [-0.3, -0.25) is 4.79 Å². The van der Waals surface area contributed by atoms with Crippen molar-refractivity contribution in [2.24, 2.45) is 7.05 Å². The topological polar surface area (TPSA) is 91.4 Å². The molecule has 9 heteroatoms. The molecule has 0 saturated heterocycles. The lowest BCUT2D eigenvalue weighted by Crippen LogP contribution is -2.15. The van der Waals surface area contributed by atoms with E-state index < -0.39 is 0 Å². The quantitative estimate of drug-likeness (QED) is 0.449. The molecule has 0 radical (unpaired) electrons. The molecule has 4 rings (SSSR count). The van der Waals surface area contributed by atoms with E-state index in [1.165, 1.54) is 11.8 Å². The number of para-hydroxylation sites is 3. The van der Waals surface area contributed by atoms with Crippen molar-refractivity contribution in [3.63, 3.8) is 0 Å². The second-order valence-electron chi connectivity index (χ2n) is 6.39. The van der Waals surface area contributed by atoms with Crippen molar-refractivity contribution in [2.45, 2.75) is 5.16 Å². The van der Waals surface area contributed by atoms with Crippen LogP contribution in [0.3, 0.4) is 0 Å². The van der Waals surface area contributed by atoms with Crippen LogP contribution in [-0.4, -0.2) is 40.6 Å². The number of hydrogen-bond acceptors (Lipinski definition) is 7. The van der Waals surface area contributed by atoms with Crippen LogP contribution >= 0.6 is 11.8 Å². The number of fused-ring (bicyclic) bond motifs is 1. The molecule has 0 aliphatic rings. The lowest BCUT2D eigenvalue weighted by Gasteiger charge is -2.09. The second-order valence-corrected chi connectivity index (χ2v) is 7.33. The van der Waals surface area contributed by atoms with Gasteiger partial charge in [-0.25, -0.2) is 0 Å². The molecule has 2 heterocycles. The molecule has 0 atom stereocenters. The van der Waals surface area contributed by atoms with E-state index in [1.54, 1.807) is 30.9 Å². The van der Waals surface area contributed by atoms with Crippen molar-refractivity contribution < 1.29 is 18.7 Å². The standard InChI is InChI=1S/C21H20N4O4S/c1-25-20(17-11-13-7-6-10-16(28-3)19(13)29-17)23-24-21(25)30-12-18(26)22-14-8-4-5-9-15(14)27-2/h4-11H,12H2,1-3H3,(H,22,26). The van der Waals surface area contributed by atoms with Gasteiger partial charge in [0.1, 0.15) is 5.75 Å². The molecule has 8 nitrogen and oxygen atoms in total. The van der Waals surface area contributed by atoms with Crippen molar-refractivity contribution in [1.29, 1.82) is 0 Å². The van der Waals surface area contributed by atoms with Gasteiger partial charge in [-0.15, -0.1) is 10.2 Å². The number of furan rings is 1. The van der Waals surface area contributed by atoms with Gasteiger partial charge in [0.15, 0.2) is 28.1 Å². The SMILES string of the molecule is COc1ccccc1NC(=O)CSc1nnc(-c2cc3cccc(OC)c3o2)n1C. The molecule has 0 spiro atoms. The average Bonchev–Trinajstić information content (AvgIpc) is 3.35. The van der Waals surface area contributed by atoms with Gasteiger partial charge < -0.3 is 23.8 Å². The Morgan fingerprint density at radius 3 is 2.67 bits per heavy atom. The number of carbonyl (C=O) groups excluding carboxylic acids is 1. The molecule has 0 unspecified atom stereocenters. The number of rotatable bonds is 7. The average molecular weight is 424 g/mol. The Morgan fingerprint density at radius 1 is 1.10 bits per heavy atom. The van der Waals surface area contributed by atoms with E-state index in [0.29, 0.717) is 39.5 Å². The number of carbonyl (C=O) groups is 1. The Hall–Kier alpha value is -3.46. The summed E-state index contributed by atoms with van der Waals surface area (Å²) in [5.74, 6) is 2.43. The van der Waals surface area contributed by atoms with Crippen molar-refractivity contribution in [3.8, 4) is 23.1 Å². The number of ether oxygens (including phenoxy) is 2. The highest BCUT2D eigenvalue weighted by atomic mass is 32.2. The summed E-state index contributed by atoms with van der Waals surface area (Å²) in [7, 11) is 5.00. The van der Waals surface area contributed by atoms with Crippen LogP contribution in [0.1, 0.15) is 0 Å². The highest BCUT2D eigenvalue weighted by molar-refractivity contribution is 7.99. The number of thioether (sulfide) groups is 1. The van der Waals surface area contributed by atoms with Crippen LogP contribution in [0, 0.1) is 0 Å². The summed E-state index contributed by atoms with van der Waals surface area (Å²) < 4.78 is 18.3. The molecular formula is C21H20N4O4S. The second kappa shape index (κ2) is 8.50. The van der Waals surface area contributed by atoms with Gasteiger partial charge >= 0.3 is 0 Å². The first-order valence-corrected chi connectivity index (χ1v) is 10.1. The Morgan fingerprint density at radius 2 is 1.87 bits per heavy atom. The lowest BCUT2D eigenvalue weighted by atomic mass is 10.2. The number of anilines is 1. The van der Waals surface area contributed by atoms with Gasteiger partial charge in [0, 0.05) is 12.4 Å². The van der Waals surface area contributed by atoms with Crippen LogP contribution in [0.5, 0.6) is 11.5 Å². The zero-order valence-electron chi connectivity index (χ0n) is 16.7. The highest BCUT2D eigenvalue weighted by Crippen LogP contribution is 2.33. The summed E-state index contributed by atoms with van der Waals surface area (Å²) in [6.07, 6.45) is 0. The Kier molecular flexibility index (Phi) is 5.62. The van der Waals surface area contributed by atoms with Gasteiger partial charge in [0.2, 0.25) is 5.91 Å². The van der Waals surface area contributed by atoms with Gasteiger partial charge in [-0.2, -0.15) is 0 Å². The first kappa shape index (κ1) is 19.8. The monoisotopic (exact) mass is 424 g/mol. The molecule has 0 aliphatic heterocycles. The molecule has 154 valence electrons. The van der Waals surface area contributed by atoms with E-state index in [-0.39, 0.29) is 11.7 Å². The third-order valence-corrected chi connectivity index (χ3v) is 5.52. The maximum absolute atomic E-state index is 12.4. The Bertz CT molecular complexity index is 1200. The molecule has 0 saturated carbocycles. The molecule has 0 fully saturated rings. The predicted molar refractivity (Wildman–Crippen MR) is 115 cm³/mol. The first-order chi connectivity index (χ1) is 14.6. The maximum atomic E-state index is 12.4. The summed E-state index contributed by atoms with van der Waals surface area (Å²) >= 11 is 1.29. The van der Waals surface area contributed by atoms with Crippen molar-refractivity contribution in [1.82, 2.24) is 14.8 Å². The molecule has 4 aromatic rings. The smallest absolute Gasteiger partial charge is 0.234 e. The maximum Gasteiger partial charge on any atom is 0.234 e. The fraction of sp³-hybridized carbons (Fsp3) is 0.190. The lowest BCUT2D eigenvalue weighted by molar-refractivity contribution is -0.113. The number of methoxy groups -OCH3 is 2. The number of aromatic nitrogens is 3.